The number of carbonyl (C=O) groups is 3. The van der Waals surface area contributed by atoms with Crippen molar-refractivity contribution in [3.63, 3.8) is 0 Å². The molecular formula is C29H26N2O6. The summed E-state index contributed by atoms with van der Waals surface area (Å²) < 4.78 is 6.09. The van der Waals surface area contributed by atoms with Gasteiger partial charge in [-0.3, -0.25) is 14.4 Å². The van der Waals surface area contributed by atoms with Gasteiger partial charge >= 0.3 is 5.97 Å². The molecule has 0 aromatic heterocycles. The number of carboxylic acids is 1. The first-order valence-electron chi connectivity index (χ1n) is 11.6. The number of amides is 2. The van der Waals surface area contributed by atoms with Gasteiger partial charge in [-0.2, -0.15) is 0 Å². The minimum absolute atomic E-state index is 0.0666. The zero-order valence-corrected chi connectivity index (χ0v) is 20.4. The molecule has 0 bridgehead atoms. The Hall–Kier alpha value is -4.85. The second-order valence-corrected chi connectivity index (χ2v) is 8.66. The molecule has 0 radical (unpaired) electrons. The number of fused-ring (bicyclic) bond motifs is 1. The number of carbonyl (C=O) groups excluding carboxylic acids is 2. The van der Waals surface area contributed by atoms with E-state index < -0.39 is 17.8 Å². The first-order chi connectivity index (χ1) is 17.7. The third-order valence-corrected chi connectivity index (χ3v) is 5.80. The van der Waals surface area contributed by atoms with Crippen LogP contribution in [0.5, 0.6) is 17.2 Å². The number of benzene rings is 4. The van der Waals surface area contributed by atoms with Crippen LogP contribution in [0.2, 0.25) is 0 Å². The van der Waals surface area contributed by atoms with Gasteiger partial charge in [-0.1, -0.05) is 36.4 Å². The normalized spacial score (nSPS) is 10.6. The number of carboxylic acid groups (broad SMARTS) is 1. The Bertz CT molecular complexity index is 1490. The van der Waals surface area contributed by atoms with Crippen LogP contribution in [-0.2, 0) is 9.59 Å². The predicted octanol–water partition coefficient (Wildman–Crippen LogP) is 6.01. The summed E-state index contributed by atoms with van der Waals surface area (Å²) in [5.41, 5.74) is 3.10. The van der Waals surface area contributed by atoms with E-state index in [2.05, 4.69) is 10.6 Å². The van der Waals surface area contributed by atoms with Crippen molar-refractivity contribution in [3.8, 4) is 17.2 Å². The van der Waals surface area contributed by atoms with Crippen LogP contribution in [0.3, 0.4) is 0 Å². The maximum absolute atomic E-state index is 13.2. The number of aliphatic carboxylic acids is 1. The van der Waals surface area contributed by atoms with Gasteiger partial charge in [0, 0.05) is 28.6 Å². The van der Waals surface area contributed by atoms with E-state index in [1.165, 1.54) is 6.07 Å². The van der Waals surface area contributed by atoms with E-state index in [-0.39, 0.29) is 24.2 Å². The third-order valence-electron chi connectivity index (χ3n) is 5.80. The highest BCUT2D eigenvalue weighted by Crippen LogP contribution is 2.38. The zero-order valence-electron chi connectivity index (χ0n) is 20.4. The molecule has 0 heterocycles. The molecule has 4 aromatic rings. The fraction of sp³-hybridized carbons (Fsp3) is 0.138. The SMILES string of the molecule is Cc1ccc(C)c(NC(=O)c2cc(Oc3ccc(NC(=O)CCC(=O)O)cc3)c3ccccc3c2O)c1. The van der Waals surface area contributed by atoms with Crippen molar-refractivity contribution in [1.82, 2.24) is 0 Å². The van der Waals surface area contributed by atoms with E-state index in [9.17, 15) is 19.5 Å². The monoisotopic (exact) mass is 498 g/mol. The van der Waals surface area contributed by atoms with Gasteiger partial charge in [0.2, 0.25) is 5.91 Å². The summed E-state index contributed by atoms with van der Waals surface area (Å²) in [6.45, 7) is 3.82. The van der Waals surface area contributed by atoms with Crippen molar-refractivity contribution in [3.05, 3.63) is 89.5 Å². The Morgan fingerprint density at radius 2 is 1.54 bits per heavy atom. The molecule has 0 aliphatic carbocycles. The zero-order chi connectivity index (χ0) is 26.5. The van der Waals surface area contributed by atoms with Crippen LogP contribution in [0.25, 0.3) is 10.8 Å². The molecule has 0 saturated carbocycles. The van der Waals surface area contributed by atoms with Crippen molar-refractivity contribution in [1.29, 1.82) is 0 Å². The molecule has 4 rings (SSSR count). The predicted molar refractivity (Wildman–Crippen MR) is 141 cm³/mol. The van der Waals surface area contributed by atoms with Gasteiger partial charge in [0.25, 0.3) is 5.91 Å². The number of aryl methyl sites for hydroxylation is 2. The summed E-state index contributed by atoms with van der Waals surface area (Å²) in [4.78, 5) is 35.7. The summed E-state index contributed by atoms with van der Waals surface area (Å²) in [6, 6.07) is 20.8. The lowest BCUT2D eigenvalue weighted by molar-refractivity contribution is -0.138. The molecule has 4 aromatic carbocycles. The summed E-state index contributed by atoms with van der Waals surface area (Å²) in [5.74, 6) is -1.24. The molecule has 37 heavy (non-hydrogen) atoms. The van der Waals surface area contributed by atoms with Gasteiger partial charge in [0.1, 0.15) is 17.2 Å². The van der Waals surface area contributed by atoms with Crippen LogP contribution >= 0.6 is 0 Å². The smallest absolute Gasteiger partial charge is 0.303 e. The topological polar surface area (TPSA) is 125 Å². The van der Waals surface area contributed by atoms with E-state index in [0.29, 0.717) is 33.6 Å². The van der Waals surface area contributed by atoms with Crippen molar-refractivity contribution >= 4 is 39.9 Å². The van der Waals surface area contributed by atoms with Crippen molar-refractivity contribution in [2.75, 3.05) is 10.6 Å². The fourth-order valence-corrected chi connectivity index (χ4v) is 3.82. The quantitative estimate of drug-likeness (QED) is 0.236. The highest BCUT2D eigenvalue weighted by atomic mass is 16.5. The fourth-order valence-electron chi connectivity index (χ4n) is 3.82. The molecule has 8 nitrogen and oxygen atoms in total. The molecule has 0 spiro atoms. The number of aromatic hydroxyl groups is 1. The first kappa shape index (κ1) is 25.2. The standard InChI is InChI=1S/C29H26N2O6/c1-17-7-8-18(2)24(15-17)31-29(36)23-16-25(21-5-3-4-6-22(21)28(23)35)37-20-11-9-19(10-12-20)30-26(32)13-14-27(33)34/h3-12,15-16,35H,13-14H2,1-2H3,(H,30,32)(H,31,36)(H,33,34). The van der Waals surface area contributed by atoms with Gasteiger partial charge in [-0.25, -0.2) is 0 Å². The van der Waals surface area contributed by atoms with Crippen LogP contribution < -0.4 is 15.4 Å². The molecule has 0 unspecified atom stereocenters. The molecule has 0 atom stereocenters. The van der Waals surface area contributed by atoms with E-state index in [4.69, 9.17) is 9.84 Å². The number of phenols is 1. The average molecular weight is 499 g/mol. The summed E-state index contributed by atoms with van der Waals surface area (Å²) in [5, 5.41) is 26.2. The molecular weight excluding hydrogens is 472 g/mol. The first-order valence-corrected chi connectivity index (χ1v) is 11.6. The summed E-state index contributed by atoms with van der Waals surface area (Å²) in [7, 11) is 0. The molecule has 0 fully saturated rings. The Labute approximate surface area is 213 Å². The largest absolute Gasteiger partial charge is 0.506 e. The minimum Gasteiger partial charge on any atom is -0.506 e. The lowest BCUT2D eigenvalue weighted by Crippen LogP contribution is -2.13. The second kappa shape index (κ2) is 10.8. The Morgan fingerprint density at radius 1 is 0.838 bits per heavy atom. The number of rotatable bonds is 8. The van der Waals surface area contributed by atoms with Gasteiger partial charge in [-0.15, -0.1) is 0 Å². The highest BCUT2D eigenvalue weighted by molar-refractivity contribution is 6.11. The van der Waals surface area contributed by atoms with Crippen LogP contribution in [0, 0.1) is 13.8 Å². The van der Waals surface area contributed by atoms with E-state index in [1.54, 1.807) is 48.5 Å². The van der Waals surface area contributed by atoms with Crippen molar-refractivity contribution in [2.45, 2.75) is 26.7 Å². The summed E-state index contributed by atoms with van der Waals surface area (Å²) >= 11 is 0. The molecule has 0 saturated heterocycles. The van der Waals surface area contributed by atoms with Crippen molar-refractivity contribution < 1.29 is 29.3 Å². The van der Waals surface area contributed by atoms with Gasteiger partial charge in [-0.05, 0) is 61.4 Å². The number of anilines is 2. The number of nitrogens with one attached hydrogen (secondary N) is 2. The van der Waals surface area contributed by atoms with Crippen LogP contribution in [0.15, 0.2) is 72.8 Å². The van der Waals surface area contributed by atoms with Gasteiger partial charge < -0.3 is 25.6 Å². The van der Waals surface area contributed by atoms with Crippen molar-refractivity contribution in [2.24, 2.45) is 0 Å². The highest BCUT2D eigenvalue weighted by Gasteiger charge is 2.19. The third kappa shape index (κ3) is 6.05. The lowest BCUT2D eigenvalue weighted by Gasteiger charge is -2.15. The molecule has 4 N–H and O–H groups in total. The van der Waals surface area contributed by atoms with Crippen LogP contribution in [0.1, 0.15) is 34.3 Å². The second-order valence-electron chi connectivity index (χ2n) is 8.66. The number of phenolic OH excluding ortho intramolecular Hbond substituents is 1. The molecule has 188 valence electrons. The maximum atomic E-state index is 13.2. The lowest BCUT2D eigenvalue weighted by atomic mass is 10.0. The van der Waals surface area contributed by atoms with Gasteiger partial charge in [0.05, 0.1) is 12.0 Å². The van der Waals surface area contributed by atoms with E-state index in [0.717, 1.165) is 11.1 Å². The van der Waals surface area contributed by atoms with Crippen LogP contribution in [0.4, 0.5) is 11.4 Å². The summed E-state index contributed by atoms with van der Waals surface area (Å²) in [6.07, 6.45) is -0.375. The molecule has 2 amide bonds. The Kier molecular flexibility index (Phi) is 7.39. The Morgan fingerprint density at radius 3 is 2.24 bits per heavy atom. The number of hydrogen-bond acceptors (Lipinski definition) is 5. The van der Waals surface area contributed by atoms with Gasteiger partial charge in [0.15, 0.2) is 0 Å². The molecule has 0 aliphatic rings. The van der Waals surface area contributed by atoms with E-state index in [1.807, 2.05) is 32.0 Å². The Balaban J connectivity index is 1.60. The average Bonchev–Trinajstić information content (AvgIpc) is 2.87. The minimum atomic E-state index is -1.04. The number of hydrogen-bond donors (Lipinski definition) is 4. The van der Waals surface area contributed by atoms with E-state index >= 15 is 0 Å². The molecule has 8 heteroatoms. The maximum Gasteiger partial charge on any atom is 0.303 e. The number of ether oxygens (including phenoxy) is 1. The molecule has 0 aliphatic heterocycles. The van der Waals surface area contributed by atoms with Crippen LogP contribution in [-0.4, -0.2) is 28.0 Å².